The maximum atomic E-state index is 12.2. The molecule has 2 aromatic carbocycles. The normalized spacial score (nSPS) is 11.4. The summed E-state index contributed by atoms with van der Waals surface area (Å²) in [6.07, 6.45) is -0.677. The highest BCUT2D eigenvalue weighted by molar-refractivity contribution is 5.83. The molecule has 1 unspecified atom stereocenters. The predicted octanol–water partition coefficient (Wildman–Crippen LogP) is 2.41. The molecule has 0 radical (unpaired) electrons. The average Bonchev–Trinajstić information content (AvgIpc) is 2.69. The molecule has 1 amide bonds. The Morgan fingerprint density at radius 1 is 0.963 bits per heavy atom. The Hall–Kier alpha value is -3.22. The maximum absolute atomic E-state index is 12.2. The lowest BCUT2D eigenvalue weighted by atomic mass is 10.1. The number of methoxy groups -OCH3 is 3. The quantitative estimate of drug-likeness (QED) is 0.678. The SMILES string of the molecule is COc1cc(CCC(=O)OC(C(N)=O)c2ccccc2)cc(OC)c1OC. The van der Waals surface area contributed by atoms with Gasteiger partial charge >= 0.3 is 5.97 Å². The minimum atomic E-state index is -1.11. The van der Waals surface area contributed by atoms with Crippen LogP contribution in [0.4, 0.5) is 0 Å². The molecule has 0 saturated carbocycles. The zero-order chi connectivity index (χ0) is 19.8. The predicted molar refractivity (Wildman–Crippen MR) is 98.9 cm³/mol. The van der Waals surface area contributed by atoms with Gasteiger partial charge in [-0.1, -0.05) is 30.3 Å². The van der Waals surface area contributed by atoms with Crippen molar-refractivity contribution >= 4 is 11.9 Å². The van der Waals surface area contributed by atoms with Gasteiger partial charge in [0.2, 0.25) is 11.9 Å². The molecule has 2 rings (SSSR count). The van der Waals surface area contributed by atoms with Gasteiger partial charge in [-0.25, -0.2) is 0 Å². The first-order valence-electron chi connectivity index (χ1n) is 8.32. The molecule has 2 N–H and O–H groups in total. The number of hydrogen-bond acceptors (Lipinski definition) is 6. The summed E-state index contributed by atoms with van der Waals surface area (Å²) in [7, 11) is 4.56. The Labute approximate surface area is 158 Å². The monoisotopic (exact) mass is 373 g/mol. The van der Waals surface area contributed by atoms with E-state index in [4.69, 9.17) is 24.7 Å². The summed E-state index contributed by atoms with van der Waals surface area (Å²) in [5, 5.41) is 0. The van der Waals surface area contributed by atoms with Gasteiger partial charge in [-0.3, -0.25) is 9.59 Å². The summed E-state index contributed by atoms with van der Waals surface area (Å²) in [6.45, 7) is 0. The zero-order valence-electron chi connectivity index (χ0n) is 15.6. The second-order valence-electron chi connectivity index (χ2n) is 5.72. The number of ether oxygens (including phenoxy) is 4. The molecule has 0 aromatic heterocycles. The largest absolute Gasteiger partial charge is 0.493 e. The molecular weight excluding hydrogens is 350 g/mol. The van der Waals surface area contributed by atoms with E-state index in [1.807, 2.05) is 0 Å². The molecular formula is C20H23NO6. The topological polar surface area (TPSA) is 97.1 Å². The Morgan fingerprint density at radius 2 is 1.56 bits per heavy atom. The maximum Gasteiger partial charge on any atom is 0.307 e. The zero-order valence-corrected chi connectivity index (χ0v) is 15.6. The first-order chi connectivity index (χ1) is 13.0. The van der Waals surface area contributed by atoms with E-state index in [0.717, 1.165) is 5.56 Å². The van der Waals surface area contributed by atoms with Gasteiger partial charge < -0.3 is 24.7 Å². The van der Waals surface area contributed by atoms with E-state index in [1.165, 1.54) is 21.3 Å². The lowest BCUT2D eigenvalue weighted by Gasteiger charge is -2.16. The molecule has 7 heteroatoms. The summed E-state index contributed by atoms with van der Waals surface area (Å²) in [6, 6.07) is 12.2. The molecule has 0 bridgehead atoms. The molecule has 144 valence electrons. The van der Waals surface area contributed by atoms with Crippen molar-refractivity contribution in [1.82, 2.24) is 0 Å². The molecule has 0 heterocycles. The van der Waals surface area contributed by atoms with E-state index in [2.05, 4.69) is 0 Å². The summed E-state index contributed by atoms with van der Waals surface area (Å²) in [5.74, 6) is 0.224. The second-order valence-corrected chi connectivity index (χ2v) is 5.72. The molecule has 0 saturated heterocycles. The smallest absolute Gasteiger partial charge is 0.307 e. The molecule has 0 aliphatic carbocycles. The highest BCUT2D eigenvalue weighted by Crippen LogP contribution is 2.38. The number of esters is 1. The van der Waals surface area contributed by atoms with E-state index in [0.29, 0.717) is 29.2 Å². The number of nitrogens with two attached hydrogens (primary N) is 1. The van der Waals surface area contributed by atoms with Crippen molar-refractivity contribution in [1.29, 1.82) is 0 Å². The lowest BCUT2D eigenvalue weighted by molar-refractivity contribution is -0.155. The minimum Gasteiger partial charge on any atom is -0.493 e. The number of primary amides is 1. The number of aryl methyl sites for hydroxylation is 1. The van der Waals surface area contributed by atoms with Gasteiger partial charge in [-0.05, 0) is 24.1 Å². The molecule has 1 atom stereocenters. The van der Waals surface area contributed by atoms with Crippen LogP contribution in [0.15, 0.2) is 42.5 Å². The minimum absolute atomic E-state index is 0.0647. The molecule has 27 heavy (non-hydrogen) atoms. The molecule has 2 aromatic rings. The van der Waals surface area contributed by atoms with Crippen LogP contribution in [-0.2, 0) is 20.7 Å². The van der Waals surface area contributed by atoms with E-state index in [9.17, 15) is 9.59 Å². The Bertz CT molecular complexity index is 765. The van der Waals surface area contributed by atoms with Crippen LogP contribution in [0.5, 0.6) is 17.2 Å². The van der Waals surface area contributed by atoms with Gasteiger partial charge in [-0.2, -0.15) is 0 Å². The highest BCUT2D eigenvalue weighted by Gasteiger charge is 2.22. The van der Waals surface area contributed by atoms with E-state index >= 15 is 0 Å². The van der Waals surface area contributed by atoms with Crippen molar-refractivity contribution in [3.8, 4) is 17.2 Å². The van der Waals surface area contributed by atoms with Crippen molar-refractivity contribution in [3.63, 3.8) is 0 Å². The lowest BCUT2D eigenvalue weighted by Crippen LogP contribution is -2.26. The van der Waals surface area contributed by atoms with Crippen LogP contribution >= 0.6 is 0 Å². The fraction of sp³-hybridized carbons (Fsp3) is 0.300. The number of benzene rings is 2. The van der Waals surface area contributed by atoms with Crippen LogP contribution in [0.25, 0.3) is 0 Å². The van der Waals surface area contributed by atoms with Crippen LogP contribution in [0, 0.1) is 0 Å². The Kier molecular flexibility index (Phi) is 7.05. The van der Waals surface area contributed by atoms with Gasteiger partial charge in [0.25, 0.3) is 5.91 Å². The standard InChI is InChI=1S/C20H23NO6/c1-24-15-11-13(12-16(25-2)19(15)26-3)9-10-17(22)27-18(20(21)23)14-7-5-4-6-8-14/h4-8,11-12,18H,9-10H2,1-3H3,(H2,21,23). The van der Waals surface area contributed by atoms with Crippen LogP contribution in [0.1, 0.15) is 23.7 Å². The highest BCUT2D eigenvalue weighted by atomic mass is 16.5. The van der Waals surface area contributed by atoms with E-state index in [1.54, 1.807) is 42.5 Å². The first-order valence-corrected chi connectivity index (χ1v) is 8.32. The second kappa shape index (κ2) is 9.47. The van der Waals surface area contributed by atoms with Crippen molar-refractivity contribution < 1.29 is 28.5 Å². The molecule has 0 aliphatic rings. The van der Waals surface area contributed by atoms with Gasteiger partial charge in [0.05, 0.1) is 21.3 Å². The molecule has 0 fully saturated rings. The van der Waals surface area contributed by atoms with Gasteiger partial charge in [0, 0.05) is 12.0 Å². The summed E-state index contributed by atoms with van der Waals surface area (Å²) in [5.41, 5.74) is 6.70. The Morgan fingerprint density at radius 3 is 2.04 bits per heavy atom. The van der Waals surface area contributed by atoms with Crippen molar-refractivity contribution in [2.24, 2.45) is 5.73 Å². The van der Waals surface area contributed by atoms with Crippen molar-refractivity contribution in [2.75, 3.05) is 21.3 Å². The van der Waals surface area contributed by atoms with Crippen molar-refractivity contribution in [3.05, 3.63) is 53.6 Å². The Balaban J connectivity index is 2.07. The summed E-state index contributed by atoms with van der Waals surface area (Å²) in [4.78, 5) is 23.9. The summed E-state index contributed by atoms with van der Waals surface area (Å²) < 4.78 is 21.1. The van der Waals surface area contributed by atoms with Crippen LogP contribution in [-0.4, -0.2) is 33.2 Å². The fourth-order valence-electron chi connectivity index (χ4n) is 2.63. The molecule has 0 aliphatic heterocycles. The van der Waals surface area contributed by atoms with Crippen LogP contribution in [0.3, 0.4) is 0 Å². The number of rotatable bonds is 9. The average molecular weight is 373 g/mol. The third-order valence-corrected chi connectivity index (χ3v) is 3.95. The van der Waals surface area contributed by atoms with Crippen LogP contribution < -0.4 is 19.9 Å². The molecule has 7 nitrogen and oxygen atoms in total. The number of carbonyl (C=O) groups excluding carboxylic acids is 2. The number of carbonyl (C=O) groups is 2. The van der Waals surface area contributed by atoms with Gasteiger partial charge in [0.1, 0.15) is 0 Å². The van der Waals surface area contributed by atoms with Gasteiger partial charge in [-0.15, -0.1) is 0 Å². The van der Waals surface area contributed by atoms with Crippen LogP contribution in [0.2, 0.25) is 0 Å². The fourth-order valence-corrected chi connectivity index (χ4v) is 2.63. The third-order valence-electron chi connectivity index (χ3n) is 3.95. The number of hydrogen-bond donors (Lipinski definition) is 1. The first kappa shape index (κ1) is 20.1. The molecule has 0 spiro atoms. The van der Waals surface area contributed by atoms with Gasteiger partial charge in [0.15, 0.2) is 11.5 Å². The summed E-state index contributed by atoms with van der Waals surface area (Å²) >= 11 is 0. The van der Waals surface area contributed by atoms with E-state index in [-0.39, 0.29) is 6.42 Å². The number of amides is 1. The van der Waals surface area contributed by atoms with Crippen molar-refractivity contribution in [2.45, 2.75) is 18.9 Å². The van der Waals surface area contributed by atoms with E-state index < -0.39 is 18.0 Å². The third kappa shape index (κ3) is 5.13.